The summed E-state index contributed by atoms with van der Waals surface area (Å²) in [6.07, 6.45) is 0. The van der Waals surface area contributed by atoms with E-state index in [0.29, 0.717) is 17.2 Å². The van der Waals surface area contributed by atoms with E-state index in [4.69, 9.17) is 4.74 Å². The maximum Gasteiger partial charge on any atom is 0.293 e. The molecular weight excluding hydrogens is 226 g/mol. The van der Waals surface area contributed by atoms with Gasteiger partial charge in [0, 0.05) is 5.38 Å². The van der Waals surface area contributed by atoms with Crippen molar-refractivity contribution in [3.8, 4) is 17.3 Å². The third-order valence-electron chi connectivity index (χ3n) is 2.11. The van der Waals surface area contributed by atoms with Gasteiger partial charge in [0.2, 0.25) is 5.75 Å². The molecule has 0 saturated heterocycles. The summed E-state index contributed by atoms with van der Waals surface area (Å²) in [6, 6.07) is 0. The van der Waals surface area contributed by atoms with Crippen molar-refractivity contribution >= 4 is 11.3 Å². The van der Waals surface area contributed by atoms with Crippen LogP contribution >= 0.6 is 11.3 Å². The van der Waals surface area contributed by atoms with Crippen LogP contribution in [0.3, 0.4) is 0 Å². The van der Waals surface area contributed by atoms with Crippen molar-refractivity contribution in [1.29, 1.82) is 0 Å². The van der Waals surface area contributed by atoms with Gasteiger partial charge in [-0.2, -0.15) is 0 Å². The topological polar surface area (TPSA) is 67.9 Å². The Kier molecular flexibility index (Phi) is 2.74. The van der Waals surface area contributed by atoms with Crippen molar-refractivity contribution in [2.75, 3.05) is 7.11 Å². The molecule has 5 nitrogen and oxygen atoms in total. The van der Waals surface area contributed by atoms with E-state index >= 15 is 0 Å². The Hall–Kier alpha value is -1.69. The number of aryl methyl sites for hydroxylation is 2. The first kappa shape index (κ1) is 10.8. The van der Waals surface area contributed by atoms with Crippen LogP contribution in [0.5, 0.6) is 5.75 Å². The first-order valence-corrected chi connectivity index (χ1v) is 5.57. The smallest absolute Gasteiger partial charge is 0.293 e. The number of hydrogen-bond acceptors (Lipinski definition) is 5. The monoisotopic (exact) mass is 237 g/mol. The predicted molar refractivity (Wildman–Crippen MR) is 62.0 cm³/mol. The quantitative estimate of drug-likeness (QED) is 0.859. The Bertz CT molecular complexity index is 574. The summed E-state index contributed by atoms with van der Waals surface area (Å²) >= 11 is 1.52. The molecule has 0 aromatic carbocycles. The minimum Gasteiger partial charge on any atom is -0.490 e. The molecule has 0 atom stereocenters. The Morgan fingerprint density at radius 2 is 2.12 bits per heavy atom. The molecule has 1 N–H and O–H groups in total. The molecule has 2 aromatic rings. The zero-order chi connectivity index (χ0) is 11.7. The van der Waals surface area contributed by atoms with Crippen LogP contribution < -0.4 is 10.3 Å². The molecule has 0 aliphatic rings. The van der Waals surface area contributed by atoms with Crippen molar-refractivity contribution in [2.24, 2.45) is 0 Å². The Labute approximate surface area is 96.2 Å². The highest BCUT2D eigenvalue weighted by molar-refractivity contribution is 7.09. The number of hydrogen-bond donors (Lipinski definition) is 1. The van der Waals surface area contributed by atoms with E-state index in [1.54, 1.807) is 6.92 Å². The van der Waals surface area contributed by atoms with Crippen LogP contribution in [0.15, 0.2) is 10.2 Å². The summed E-state index contributed by atoms with van der Waals surface area (Å²) in [4.78, 5) is 22.8. The zero-order valence-corrected chi connectivity index (χ0v) is 10.0. The second-order valence-corrected chi connectivity index (χ2v) is 4.35. The van der Waals surface area contributed by atoms with Gasteiger partial charge in [-0.1, -0.05) is 0 Å². The van der Waals surface area contributed by atoms with Crippen molar-refractivity contribution in [2.45, 2.75) is 13.8 Å². The van der Waals surface area contributed by atoms with Crippen LogP contribution in [0.4, 0.5) is 0 Å². The lowest BCUT2D eigenvalue weighted by Gasteiger charge is -2.03. The molecule has 2 aromatic heterocycles. The van der Waals surface area contributed by atoms with Crippen molar-refractivity contribution in [1.82, 2.24) is 15.0 Å². The van der Waals surface area contributed by atoms with Crippen LogP contribution in [-0.4, -0.2) is 22.1 Å². The number of nitrogens with one attached hydrogen (secondary N) is 1. The summed E-state index contributed by atoms with van der Waals surface area (Å²) in [5.74, 6) is 0.725. The van der Waals surface area contributed by atoms with Crippen LogP contribution in [-0.2, 0) is 0 Å². The molecule has 0 amide bonds. The second-order valence-electron chi connectivity index (χ2n) is 3.28. The lowest BCUT2D eigenvalue weighted by atomic mass is 10.3. The van der Waals surface area contributed by atoms with Crippen LogP contribution in [0, 0.1) is 13.8 Å². The van der Waals surface area contributed by atoms with Crippen LogP contribution in [0.25, 0.3) is 11.5 Å². The Morgan fingerprint density at radius 3 is 2.62 bits per heavy atom. The van der Waals surface area contributed by atoms with Crippen LogP contribution in [0.2, 0.25) is 0 Å². The van der Waals surface area contributed by atoms with Gasteiger partial charge in [0.05, 0.1) is 17.8 Å². The Morgan fingerprint density at radius 1 is 1.38 bits per heavy atom. The largest absolute Gasteiger partial charge is 0.490 e. The van der Waals surface area contributed by atoms with E-state index in [9.17, 15) is 4.79 Å². The van der Waals surface area contributed by atoms with Gasteiger partial charge in [-0.05, 0) is 13.8 Å². The number of aromatic nitrogens is 3. The molecule has 16 heavy (non-hydrogen) atoms. The van der Waals surface area contributed by atoms with E-state index in [-0.39, 0.29) is 11.3 Å². The van der Waals surface area contributed by atoms with Gasteiger partial charge in [-0.3, -0.25) is 4.79 Å². The molecule has 0 bridgehead atoms. The molecule has 2 rings (SSSR count). The highest BCUT2D eigenvalue weighted by Crippen LogP contribution is 2.18. The molecule has 0 radical (unpaired) electrons. The molecule has 0 fully saturated rings. The Balaban J connectivity index is 2.56. The first-order chi connectivity index (χ1) is 7.61. The fraction of sp³-hybridized carbons (Fsp3) is 0.300. The summed E-state index contributed by atoms with van der Waals surface area (Å²) in [5, 5.41) is 2.80. The molecule has 0 aliphatic heterocycles. The summed E-state index contributed by atoms with van der Waals surface area (Å²) in [7, 11) is 1.45. The van der Waals surface area contributed by atoms with E-state index < -0.39 is 0 Å². The van der Waals surface area contributed by atoms with E-state index in [0.717, 1.165) is 5.01 Å². The molecule has 6 heteroatoms. The second kappa shape index (κ2) is 4.05. The summed E-state index contributed by atoms with van der Waals surface area (Å²) in [6.45, 7) is 3.64. The van der Waals surface area contributed by atoms with Gasteiger partial charge in [-0.25, -0.2) is 9.97 Å². The standard InChI is InChI=1S/C10H11N3O2S/c1-5-8(15-3)10(14)13-9(11-5)7-4-16-6(2)12-7/h4H,1-3H3,(H,11,13,14). The van der Waals surface area contributed by atoms with E-state index in [2.05, 4.69) is 15.0 Å². The minimum absolute atomic E-state index is 0.246. The van der Waals surface area contributed by atoms with Gasteiger partial charge in [0.1, 0.15) is 5.69 Å². The van der Waals surface area contributed by atoms with E-state index in [1.165, 1.54) is 18.4 Å². The molecule has 0 unspecified atom stereocenters. The fourth-order valence-corrected chi connectivity index (χ4v) is 2.01. The average molecular weight is 237 g/mol. The number of methoxy groups -OCH3 is 1. The zero-order valence-electron chi connectivity index (χ0n) is 9.20. The predicted octanol–water partition coefficient (Wildman–Crippen LogP) is 1.52. The lowest BCUT2D eigenvalue weighted by molar-refractivity contribution is 0.402. The summed E-state index contributed by atoms with van der Waals surface area (Å²) in [5.41, 5.74) is 0.966. The summed E-state index contributed by atoms with van der Waals surface area (Å²) < 4.78 is 4.95. The number of aromatic amines is 1. The van der Waals surface area contributed by atoms with Crippen LogP contribution in [0.1, 0.15) is 10.7 Å². The number of nitrogens with zero attached hydrogens (tertiary/aromatic N) is 2. The fourth-order valence-electron chi connectivity index (χ4n) is 1.41. The van der Waals surface area contributed by atoms with Crippen molar-refractivity contribution < 1.29 is 4.74 Å². The number of H-pyrrole nitrogens is 1. The molecule has 84 valence electrons. The van der Waals surface area contributed by atoms with Gasteiger partial charge in [0.15, 0.2) is 5.82 Å². The highest BCUT2D eigenvalue weighted by Gasteiger charge is 2.11. The number of thiazole rings is 1. The maximum absolute atomic E-state index is 11.6. The normalized spacial score (nSPS) is 10.4. The van der Waals surface area contributed by atoms with Gasteiger partial charge < -0.3 is 9.72 Å². The average Bonchev–Trinajstić information content (AvgIpc) is 2.64. The van der Waals surface area contributed by atoms with Gasteiger partial charge in [0.25, 0.3) is 5.56 Å². The molecule has 0 saturated carbocycles. The number of ether oxygens (including phenoxy) is 1. The van der Waals surface area contributed by atoms with Gasteiger partial charge >= 0.3 is 0 Å². The molecule has 0 spiro atoms. The van der Waals surface area contributed by atoms with Crippen molar-refractivity contribution in [3.63, 3.8) is 0 Å². The van der Waals surface area contributed by atoms with E-state index in [1.807, 2.05) is 12.3 Å². The lowest BCUT2D eigenvalue weighted by Crippen LogP contribution is -2.14. The highest BCUT2D eigenvalue weighted by atomic mass is 32.1. The van der Waals surface area contributed by atoms with Gasteiger partial charge in [-0.15, -0.1) is 11.3 Å². The number of rotatable bonds is 2. The molecule has 0 aliphatic carbocycles. The molecular formula is C10H11N3O2S. The SMILES string of the molecule is COc1c(C)nc(-c2csc(C)n2)[nH]c1=O. The third-order valence-corrected chi connectivity index (χ3v) is 2.89. The third kappa shape index (κ3) is 1.83. The minimum atomic E-state index is -0.282. The molecule has 2 heterocycles. The maximum atomic E-state index is 11.6. The van der Waals surface area contributed by atoms with Crippen molar-refractivity contribution in [3.05, 3.63) is 26.4 Å². The first-order valence-electron chi connectivity index (χ1n) is 4.69.